The lowest BCUT2D eigenvalue weighted by atomic mass is 10.1. The van der Waals surface area contributed by atoms with Crippen LogP contribution in [0.2, 0.25) is 0 Å². The number of rotatable bonds is 4. The van der Waals surface area contributed by atoms with E-state index in [9.17, 15) is 4.79 Å². The van der Waals surface area contributed by atoms with Gasteiger partial charge in [-0.1, -0.05) is 0 Å². The van der Waals surface area contributed by atoms with Gasteiger partial charge in [0.05, 0.1) is 6.54 Å². The van der Waals surface area contributed by atoms with E-state index in [1.807, 2.05) is 20.8 Å². The average molecular weight is 238 g/mol. The zero-order valence-corrected chi connectivity index (χ0v) is 11.0. The standard InChI is InChI=1S/C13H22N2O2/c1-13(2,3)17-12(16)9-11-5-7-15(10-11)8-6-14-4/h11H,5-10H2,1-3H3/t11-/m0/s1. The summed E-state index contributed by atoms with van der Waals surface area (Å²) in [5.74, 6) is 0.296. The molecule has 0 aromatic heterocycles. The third kappa shape index (κ3) is 5.69. The number of hydrogen-bond donors (Lipinski definition) is 0. The molecule has 0 unspecified atom stereocenters. The maximum absolute atomic E-state index is 11.6. The molecule has 1 heterocycles. The van der Waals surface area contributed by atoms with E-state index in [1.165, 1.54) is 0 Å². The van der Waals surface area contributed by atoms with Crippen LogP contribution >= 0.6 is 0 Å². The molecule has 1 aliphatic heterocycles. The molecular formula is C13H22N2O2. The molecule has 17 heavy (non-hydrogen) atoms. The summed E-state index contributed by atoms with van der Waals surface area (Å²) < 4.78 is 5.31. The minimum atomic E-state index is -0.389. The zero-order valence-electron chi connectivity index (χ0n) is 11.0. The smallest absolute Gasteiger partial charge is 0.306 e. The molecule has 0 radical (unpaired) electrons. The summed E-state index contributed by atoms with van der Waals surface area (Å²) >= 11 is 0. The van der Waals surface area contributed by atoms with E-state index in [-0.39, 0.29) is 11.6 Å². The van der Waals surface area contributed by atoms with Gasteiger partial charge in [0.1, 0.15) is 5.60 Å². The lowest BCUT2D eigenvalue weighted by molar-refractivity contribution is -0.155. The van der Waals surface area contributed by atoms with Crippen LogP contribution in [-0.4, -0.2) is 42.6 Å². The summed E-state index contributed by atoms with van der Waals surface area (Å²) in [6.07, 6.45) is 1.54. The second kappa shape index (κ2) is 6.02. The monoisotopic (exact) mass is 238 g/mol. The first kappa shape index (κ1) is 14.0. The lowest BCUT2D eigenvalue weighted by Crippen LogP contribution is -2.27. The molecule has 1 saturated heterocycles. The summed E-state index contributed by atoms with van der Waals surface area (Å²) in [5, 5.41) is 0. The number of likely N-dealkylation sites (tertiary alicyclic amines) is 1. The SMILES string of the molecule is [C-]#[N+]CCN1CC[C@@H](CC(=O)OC(C)(C)C)C1. The molecule has 0 saturated carbocycles. The van der Waals surface area contributed by atoms with E-state index >= 15 is 0 Å². The highest BCUT2D eigenvalue weighted by atomic mass is 16.6. The Balaban J connectivity index is 2.26. The van der Waals surface area contributed by atoms with Crippen LogP contribution in [0.15, 0.2) is 0 Å². The Morgan fingerprint density at radius 1 is 1.53 bits per heavy atom. The van der Waals surface area contributed by atoms with Gasteiger partial charge >= 0.3 is 5.97 Å². The topological polar surface area (TPSA) is 33.9 Å². The third-order valence-electron chi connectivity index (χ3n) is 2.77. The molecule has 0 N–H and O–H groups in total. The summed E-state index contributed by atoms with van der Waals surface area (Å²) in [4.78, 5) is 17.3. The van der Waals surface area contributed by atoms with Crippen LogP contribution in [0.3, 0.4) is 0 Å². The van der Waals surface area contributed by atoms with Crippen LogP contribution in [0, 0.1) is 12.5 Å². The highest BCUT2D eigenvalue weighted by Crippen LogP contribution is 2.21. The minimum Gasteiger partial charge on any atom is -0.460 e. The van der Waals surface area contributed by atoms with Gasteiger partial charge < -0.3 is 9.58 Å². The second-order valence-electron chi connectivity index (χ2n) is 5.63. The number of ether oxygens (including phenoxy) is 1. The molecular weight excluding hydrogens is 216 g/mol. The van der Waals surface area contributed by atoms with Crippen molar-refractivity contribution < 1.29 is 9.53 Å². The van der Waals surface area contributed by atoms with E-state index < -0.39 is 0 Å². The zero-order chi connectivity index (χ0) is 12.9. The van der Waals surface area contributed by atoms with Crippen molar-refractivity contribution in [2.45, 2.75) is 39.2 Å². The van der Waals surface area contributed by atoms with Crippen molar-refractivity contribution in [3.63, 3.8) is 0 Å². The van der Waals surface area contributed by atoms with E-state index in [2.05, 4.69) is 9.74 Å². The third-order valence-corrected chi connectivity index (χ3v) is 2.77. The largest absolute Gasteiger partial charge is 0.460 e. The first-order valence-electron chi connectivity index (χ1n) is 6.18. The first-order valence-corrected chi connectivity index (χ1v) is 6.18. The molecule has 4 nitrogen and oxygen atoms in total. The number of carbonyl (C=O) groups is 1. The fourth-order valence-corrected chi connectivity index (χ4v) is 2.09. The molecule has 1 aliphatic rings. The normalized spacial score (nSPS) is 21.2. The summed E-state index contributed by atoms with van der Waals surface area (Å²) in [7, 11) is 0. The Bertz CT molecular complexity index is 302. The van der Waals surface area contributed by atoms with Gasteiger partial charge in [0.15, 0.2) is 0 Å². The molecule has 0 bridgehead atoms. The van der Waals surface area contributed by atoms with E-state index in [4.69, 9.17) is 11.3 Å². The molecule has 1 fully saturated rings. The summed E-state index contributed by atoms with van der Waals surface area (Å²) in [6, 6.07) is 0. The van der Waals surface area contributed by atoms with Gasteiger partial charge in [-0.2, -0.15) is 0 Å². The highest BCUT2D eigenvalue weighted by Gasteiger charge is 2.26. The van der Waals surface area contributed by atoms with E-state index in [1.54, 1.807) is 0 Å². The summed E-state index contributed by atoms with van der Waals surface area (Å²) in [5.41, 5.74) is -0.389. The molecule has 96 valence electrons. The van der Waals surface area contributed by atoms with Gasteiger partial charge in [-0.25, -0.2) is 6.57 Å². The molecule has 4 heteroatoms. The van der Waals surface area contributed by atoms with Crippen LogP contribution in [0.25, 0.3) is 4.85 Å². The van der Waals surface area contributed by atoms with Gasteiger partial charge in [0.2, 0.25) is 6.54 Å². The van der Waals surface area contributed by atoms with Crippen molar-refractivity contribution in [1.29, 1.82) is 0 Å². The number of esters is 1. The highest BCUT2D eigenvalue weighted by molar-refractivity contribution is 5.70. The van der Waals surface area contributed by atoms with Crippen LogP contribution in [0.5, 0.6) is 0 Å². The molecule has 0 aromatic rings. The summed E-state index contributed by atoms with van der Waals surface area (Å²) in [6.45, 7) is 15.7. The van der Waals surface area contributed by atoms with Crippen LogP contribution in [-0.2, 0) is 9.53 Å². The van der Waals surface area contributed by atoms with E-state index in [0.29, 0.717) is 18.9 Å². The Morgan fingerprint density at radius 3 is 2.82 bits per heavy atom. The van der Waals surface area contributed by atoms with E-state index in [0.717, 1.165) is 26.1 Å². The van der Waals surface area contributed by atoms with Crippen molar-refractivity contribution >= 4 is 5.97 Å². The number of carbonyl (C=O) groups excluding carboxylic acids is 1. The number of hydrogen-bond acceptors (Lipinski definition) is 3. The van der Waals surface area contributed by atoms with Crippen molar-refractivity contribution in [3.8, 4) is 0 Å². The lowest BCUT2D eigenvalue weighted by Gasteiger charge is -2.20. The van der Waals surface area contributed by atoms with Crippen LogP contribution in [0.1, 0.15) is 33.6 Å². The van der Waals surface area contributed by atoms with Crippen LogP contribution in [0.4, 0.5) is 0 Å². The van der Waals surface area contributed by atoms with Gasteiger partial charge in [-0.05, 0) is 39.7 Å². The maximum atomic E-state index is 11.6. The van der Waals surface area contributed by atoms with Crippen molar-refractivity contribution in [2.24, 2.45) is 5.92 Å². The van der Waals surface area contributed by atoms with Gasteiger partial charge in [-0.15, -0.1) is 0 Å². The van der Waals surface area contributed by atoms with Crippen molar-refractivity contribution in [3.05, 3.63) is 11.4 Å². The quantitative estimate of drug-likeness (QED) is 0.554. The Labute approximate surface area is 104 Å². The fraction of sp³-hybridized carbons (Fsp3) is 0.846. The molecule has 1 rings (SSSR count). The predicted molar refractivity (Wildman–Crippen MR) is 66.5 cm³/mol. The number of nitrogens with zero attached hydrogens (tertiary/aromatic N) is 2. The van der Waals surface area contributed by atoms with Crippen LogP contribution < -0.4 is 0 Å². The van der Waals surface area contributed by atoms with Crippen molar-refractivity contribution in [1.82, 2.24) is 4.90 Å². The Hall–Kier alpha value is -1.08. The maximum Gasteiger partial charge on any atom is 0.306 e. The first-order chi connectivity index (χ1) is 7.90. The fourth-order valence-electron chi connectivity index (χ4n) is 2.09. The molecule has 0 amide bonds. The predicted octanol–water partition coefficient (Wildman–Crippen LogP) is 1.96. The second-order valence-corrected chi connectivity index (χ2v) is 5.63. The van der Waals surface area contributed by atoms with Gasteiger partial charge in [0.25, 0.3) is 0 Å². The van der Waals surface area contributed by atoms with Crippen molar-refractivity contribution in [2.75, 3.05) is 26.2 Å². The molecule has 0 aliphatic carbocycles. The van der Waals surface area contributed by atoms with Gasteiger partial charge in [-0.3, -0.25) is 9.69 Å². The molecule has 1 atom stereocenters. The Kier molecular flexibility index (Phi) is 4.95. The molecule has 0 spiro atoms. The Morgan fingerprint density at radius 2 is 2.24 bits per heavy atom. The minimum absolute atomic E-state index is 0.102. The molecule has 0 aromatic carbocycles. The van der Waals surface area contributed by atoms with Gasteiger partial charge in [0, 0.05) is 13.0 Å². The average Bonchev–Trinajstić information content (AvgIpc) is 2.59.